The molecule has 1 aromatic rings. The number of carbonyl (C=O) groups is 1. The van der Waals surface area contributed by atoms with Gasteiger partial charge < -0.3 is 19.3 Å². The highest BCUT2D eigenvalue weighted by molar-refractivity contribution is 5.82. The summed E-state index contributed by atoms with van der Waals surface area (Å²) in [5, 5.41) is 9.76. The van der Waals surface area contributed by atoms with Crippen molar-refractivity contribution in [3.05, 3.63) is 23.8 Å². The lowest BCUT2D eigenvalue weighted by Crippen LogP contribution is -2.33. The number of hydrogen-bond acceptors (Lipinski definition) is 4. The molecule has 5 heteroatoms. The number of hydrogen-bond donors (Lipinski definition) is 1. The van der Waals surface area contributed by atoms with Gasteiger partial charge in [0.2, 0.25) is 0 Å². The fraction of sp³-hybridized carbons (Fsp3) is 0.611. The first-order valence-electron chi connectivity index (χ1n) is 8.32. The summed E-state index contributed by atoms with van der Waals surface area (Å²) in [7, 11) is 1.60. The van der Waals surface area contributed by atoms with Crippen molar-refractivity contribution >= 4 is 5.97 Å². The van der Waals surface area contributed by atoms with Gasteiger partial charge in [-0.3, -0.25) is 4.79 Å². The predicted molar refractivity (Wildman–Crippen MR) is 85.2 cm³/mol. The Labute approximate surface area is 136 Å². The van der Waals surface area contributed by atoms with E-state index in [0.717, 1.165) is 37.9 Å². The second-order valence-corrected chi connectivity index (χ2v) is 6.42. The smallest absolute Gasteiger partial charge is 0.314 e. The lowest BCUT2D eigenvalue weighted by atomic mass is 9.79. The molecular formula is C18H24O5. The summed E-state index contributed by atoms with van der Waals surface area (Å²) in [5.74, 6) is 0.512. The van der Waals surface area contributed by atoms with Crippen molar-refractivity contribution in [2.45, 2.75) is 50.0 Å². The first-order valence-corrected chi connectivity index (χ1v) is 8.32. The fourth-order valence-electron chi connectivity index (χ4n) is 3.65. The standard InChI is InChI=1S/C18H24O5/c1-21-15-7-6-13(18(17(19)20)8-2-3-9-18)11-16(15)23-14-5-4-10-22-12-14/h6-7,11,14H,2-5,8-10,12H2,1H3,(H,19,20). The molecule has 1 unspecified atom stereocenters. The highest BCUT2D eigenvalue weighted by Crippen LogP contribution is 2.44. The number of carboxylic acids is 1. The van der Waals surface area contributed by atoms with E-state index >= 15 is 0 Å². The molecule has 1 saturated heterocycles. The largest absolute Gasteiger partial charge is 0.493 e. The summed E-state index contributed by atoms with van der Waals surface area (Å²) in [6, 6.07) is 5.53. The molecule has 0 aromatic heterocycles. The van der Waals surface area contributed by atoms with Crippen LogP contribution in [0.3, 0.4) is 0 Å². The molecule has 1 aliphatic carbocycles. The highest BCUT2D eigenvalue weighted by Gasteiger charge is 2.43. The van der Waals surface area contributed by atoms with Crippen molar-refractivity contribution in [3.8, 4) is 11.5 Å². The third-order valence-electron chi connectivity index (χ3n) is 4.99. The van der Waals surface area contributed by atoms with Crippen LogP contribution in [0.2, 0.25) is 0 Å². The van der Waals surface area contributed by atoms with Gasteiger partial charge in [0, 0.05) is 6.61 Å². The van der Waals surface area contributed by atoms with Crippen LogP contribution in [0.1, 0.15) is 44.1 Å². The van der Waals surface area contributed by atoms with Gasteiger partial charge in [0.05, 0.1) is 19.1 Å². The quantitative estimate of drug-likeness (QED) is 0.903. The number of methoxy groups -OCH3 is 1. The minimum absolute atomic E-state index is 0.00254. The topological polar surface area (TPSA) is 65.0 Å². The molecule has 1 atom stereocenters. The lowest BCUT2D eigenvalue weighted by Gasteiger charge is -2.27. The van der Waals surface area contributed by atoms with Crippen LogP contribution >= 0.6 is 0 Å². The molecule has 1 saturated carbocycles. The number of carboxylic acid groups (broad SMARTS) is 1. The van der Waals surface area contributed by atoms with E-state index < -0.39 is 11.4 Å². The zero-order chi connectivity index (χ0) is 16.3. The Balaban J connectivity index is 1.90. The molecule has 0 amide bonds. The Morgan fingerprint density at radius 1 is 1.26 bits per heavy atom. The molecule has 1 aliphatic heterocycles. The molecule has 0 radical (unpaired) electrons. The van der Waals surface area contributed by atoms with E-state index in [9.17, 15) is 9.90 Å². The Hall–Kier alpha value is -1.75. The van der Waals surface area contributed by atoms with Gasteiger partial charge in [-0.1, -0.05) is 18.9 Å². The Kier molecular flexibility index (Phi) is 4.76. The molecule has 1 heterocycles. The van der Waals surface area contributed by atoms with Crippen molar-refractivity contribution in [3.63, 3.8) is 0 Å². The second kappa shape index (κ2) is 6.79. The number of ether oxygens (including phenoxy) is 3. The first kappa shape index (κ1) is 16.1. The lowest BCUT2D eigenvalue weighted by molar-refractivity contribution is -0.143. The van der Waals surface area contributed by atoms with E-state index in [4.69, 9.17) is 14.2 Å². The molecule has 0 bridgehead atoms. The van der Waals surface area contributed by atoms with Gasteiger partial charge in [-0.05, 0) is 43.4 Å². The van der Waals surface area contributed by atoms with Gasteiger partial charge in [0.15, 0.2) is 11.5 Å². The molecule has 23 heavy (non-hydrogen) atoms. The monoisotopic (exact) mass is 320 g/mol. The van der Waals surface area contributed by atoms with Gasteiger partial charge in [-0.25, -0.2) is 0 Å². The molecular weight excluding hydrogens is 296 g/mol. The predicted octanol–water partition coefficient (Wildman–Crippen LogP) is 3.15. The van der Waals surface area contributed by atoms with Crippen LogP contribution < -0.4 is 9.47 Å². The van der Waals surface area contributed by atoms with Crippen LogP contribution in [0.4, 0.5) is 0 Å². The Morgan fingerprint density at radius 3 is 2.65 bits per heavy atom. The molecule has 2 fully saturated rings. The third kappa shape index (κ3) is 3.15. The molecule has 0 spiro atoms. The van der Waals surface area contributed by atoms with Crippen LogP contribution in [0, 0.1) is 0 Å². The van der Waals surface area contributed by atoms with Crippen molar-refractivity contribution in [1.82, 2.24) is 0 Å². The summed E-state index contributed by atoms with van der Waals surface area (Å²) in [6.45, 7) is 1.34. The molecule has 126 valence electrons. The van der Waals surface area contributed by atoms with Gasteiger partial charge in [-0.2, -0.15) is 0 Å². The van der Waals surface area contributed by atoms with Crippen LogP contribution in [-0.2, 0) is 14.9 Å². The summed E-state index contributed by atoms with van der Waals surface area (Å²) < 4.78 is 16.9. The second-order valence-electron chi connectivity index (χ2n) is 6.42. The molecule has 5 nitrogen and oxygen atoms in total. The minimum Gasteiger partial charge on any atom is -0.493 e. The maximum atomic E-state index is 11.9. The van der Waals surface area contributed by atoms with E-state index in [0.29, 0.717) is 30.9 Å². The van der Waals surface area contributed by atoms with E-state index in [1.165, 1.54) is 0 Å². The molecule has 1 aromatic carbocycles. The van der Waals surface area contributed by atoms with E-state index in [2.05, 4.69) is 0 Å². The normalized spacial score (nSPS) is 23.4. The van der Waals surface area contributed by atoms with Crippen molar-refractivity contribution in [2.75, 3.05) is 20.3 Å². The van der Waals surface area contributed by atoms with Crippen LogP contribution in [0.15, 0.2) is 18.2 Å². The van der Waals surface area contributed by atoms with E-state index in [1.54, 1.807) is 7.11 Å². The van der Waals surface area contributed by atoms with Crippen molar-refractivity contribution < 1.29 is 24.1 Å². The van der Waals surface area contributed by atoms with Crippen LogP contribution in [-0.4, -0.2) is 37.5 Å². The van der Waals surface area contributed by atoms with Gasteiger partial charge in [-0.15, -0.1) is 0 Å². The summed E-state index contributed by atoms with van der Waals surface area (Å²) in [4.78, 5) is 11.9. The average Bonchev–Trinajstić information content (AvgIpc) is 3.07. The Bertz CT molecular complexity index is 557. The van der Waals surface area contributed by atoms with Gasteiger partial charge in [0.25, 0.3) is 0 Å². The Morgan fingerprint density at radius 2 is 2.04 bits per heavy atom. The molecule has 1 N–H and O–H groups in total. The minimum atomic E-state index is -0.784. The van der Waals surface area contributed by atoms with Crippen molar-refractivity contribution in [1.29, 1.82) is 0 Å². The highest BCUT2D eigenvalue weighted by atomic mass is 16.5. The number of aliphatic carboxylic acids is 1. The zero-order valence-corrected chi connectivity index (χ0v) is 13.5. The van der Waals surface area contributed by atoms with Crippen LogP contribution in [0.5, 0.6) is 11.5 Å². The maximum absolute atomic E-state index is 11.9. The third-order valence-corrected chi connectivity index (χ3v) is 4.99. The SMILES string of the molecule is COc1ccc(C2(C(=O)O)CCCC2)cc1OC1CCCOC1. The number of benzene rings is 1. The summed E-state index contributed by atoms with van der Waals surface area (Å²) >= 11 is 0. The molecule has 3 rings (SSSR count). The molecule has 2 aliphatic rings. The zero-order valence-electron chi connectivity index (χ0n) is 13.5. The maximum Gasteiger partial charge on any atom is 0.314 e. The summed E-state index contributed by atoms with van der Waals surface area (Å²) in [5.41, 5.74) is 0.0306. The van der Waals surface area contributed by atoms with Crippen molar-refractivity contribution in [2.24, 2.45) is 0 Å². The van der Waals surface area contributed by atoms with Crippen LogP contribution in [0.25, 0.3) is 0 Å². The van der Waals surface area contributed by atoms with E-state index in [-0.39, 0.29) is 6.10 Å². The number of rotatable bonds is 5. The fourth-order valence-corrected chi connectivity index (χ4v) is 3.65. The average molecular weight is 320 g/mol. The first-order chi connectivity index (χ1) is 11.2. The summed E-state index contributed by atoms with van der Waals surface area (Å²) in [6.07, 6.45) is 5.18. The van der Waals surface area contributed by atoms with Gasteiger partial charge >= 0.3 is 5.97 Å². The van der Waals surface area contributed by atoms with Gasteiger partial charge in [0.1, 0.15) is 6.10 Å². The van der Waals surface area contributed by atoms with E-state index in [1.807, 2.05) is 18.2 Å².